The number of amides is 1. The highest BCUT2D eigenvalue weighted by Crippen LogP contribution is 2.24. The van der Waals surface area contributed by atoms with Gasteiger partial charge in [-0.1, -0.05) is 18.3 Å². The van der Waals surface area contributed by atoms with E-state index in [1.54, 1.807) is 18.1 Å². The largest absolute Gasteiger partial charge is 0.382 e. The molecule has 2 rings (SSSR count). The molecule has 20 heavy (non-hydrogen) atoms. The van der Waals surface area contributed by atoms with E-state index in [0.29, 0.717) is 15.8 Å². The third-order valence-electron chi connectivity index (χ3n) is 2.44. The van der Waals surface area contributed by atoms with Crippen molar-refractivity contribution in [2.24, 2.45) is 7.05 Å². The van der Waals surface area contributed by atoms with E-state index in [4.69, 9.17) is 5.73 Å². The van der Waals surface area contributed by atoms with Crippen molar-refractivity contribution < 1.29 is 4.79 Å². The van der Waals surface area contributed by atoms with Crippen LogP contribution in [0.2, 0.25) is 0 Å². The molecule has 9 heteroatoms. The number of hydrogen-bond acceptors (Lipinski definition) is 7. The van der Waals surface area contributed by atoms with Gasteiger partial charge in [0.05, 0.1) is 6.54 Å². The predicted molar refractivity (Wildman–Crippen MR) is 77.5 cm³/mol. The van der Waals surface area contributed by atoms with Crippen LogP contribution in [0, 0.1) is 0 Å². The first kappa shape index (κ1) is 14.3. The maximum Gasteiger partial charge on any atom is 0.265 e. The molecule has 0 aromatic carbocycles. The van der Waals surface area contributed by atoms with E-state index >= 15 is 0 Å². The second kappa shape index (κ2) is 6.33. The quantitative estimate of drug-likeness (QED) is 0.720. The van der Waals surface area contributed by atoms with Gasteiger partial charge in [0.2, 0.25) is 0 Å². The van der Waals surface area contributed by atoms with Crippen molar-refractivity contribution >= 4 is 28.2 Å². The van der Waals surface area contributed by atoms with E-state index in [1.807, 2.05) is 0 Å². The summed E-state index contributed by atoms with van der Waals surface area (Å²) in [5, 5.41) is 10.6. The highest BCUT2D eigenvalue weighted by molar-refractivity contribution is 7.18. The molecule has 0 radical (unpaired) electrons. The Hall–Kier alpha value is -2.16. The van der Waals surface area contributed by atoms with Crippen molar-refractivity contribution in [1.82, 2.24) is 25.1 Å². The number of nitrogens with zero attached hydrogens (tertiary/aromatic N) is 4. The van der Waals surface area contributed by atoms with Crippen LogP contribution < -0.4 is 16.4 Å². The van der Waals surface area contributed by atoms with Crippen LogP contribution >= 0.6 is 11.3 Å². The molecule has 108 valence electrons. The topological polar surface area (TPSA) is 111 Å². The summed E-state index contributed by atoms with van der Waals surface area (Å²) in [6.45, 7) is 3.11. The number of nitrogens with one attached hydrogen (secondary N) is 2. The summed E-state index contributed by atoms with van der Waals surface area (Å²) in [4.78, 5) is 20.6. The van der Waals surface area contributed by atoms with Gasteiger partial charge in [0, 0.05) is 13.6 Å². The third-order valence-corrected chi connectivity index (χ3v) is 3.47. The van der Waals surface area contributed by atoms with Gasteiger partial charge in [-0.05, 0) is 6.42 Å². The molecule has 8 nitrogen and oxygen atoms in total. The van der Waals surface area contributed by atoms with Gasteiger partial charge < -0.3 is 16.4 Å². The molecular formula is C11H17N7OS. The molecule has 1 amide bonds. The minimum Gasteiger partial charge on any atom is -0.382 e. The number of carbonyl (C=O) groups excluding carboxylic acids is 1. The molecule has 0 aliphatic heterocycles. The number of thiazole rings is 1. The van der Waals surface area contributed by atoms with Crippen molar-refractivity contribution in [3.8, 4) is 0 Å². The SMILES string of the molecule is CCCNc1nc(N)c(C(=O)NCc2ncn(C)n2)s1. The van der Waals surface area contributed by atoms with Crippen molar-refractivity contribution in [2.75, 3.05) is 17.6 Å². The fraction of sp³-hybridized carbons (Fsp3) is 0.455. The van der Waals surface area contributed by atoms with E-state index in [1.165, 1.54) is 11.3 Å². The molecule has 0 bridgehead atoms. The Bertz CT molecular complexity index is 591. The second-order valence-corrected chi connectivity index (χ2v) is 5.18. The number of aryl methyl sites for hydroxylation is 1. The Morgan fingerprint density at radius 1 is 1.55 bits per heavy atom. The Balaban J connectivity index is 1.96. The molecule has 0 saturated heterocycles. The number of aromatic nitrogens is 4. The lowest BCUT2D eigenvalue weighted by Gasteiger charge is -2.00. The minimum absolute atomic E-state index is 0.236. The van der Waals surface area contributed by atoms with Crippen LogP contribution in [-0.4, -0.2) is 32.2 Å². The molecule has 0 spiro atoms. The van der Waals surface area contributed by atoms with Crippen molar-refractivity contribution in [3.05, 3.63) is 17.0 Å². The molecule has 0 aliphatic rings. The zero-order chi connectivity index (χ0) is 14.5. The van der Waals surface area contributed by atoms with Crippen LogP contribution in [-0.2, 0) is 13.6 Å². The van der Waals surface area contributed by atoms with Gasteiger partial charge in [-0.2, -0.15) is 5.10 Å². The zero-order valence-corrected chi connectivity index (χ0v) is 12.2. The molecule has 0 saturated carbocycles. The summed E-state index contributed by atoms with van der Waals surface area (Å²) in [5.41, 5.74) is 5.75. The third kappa shape index (κ3) is 3.44. The first-order valence-electron chi connectivity index (χ1n) is 6.23. The normalized spacial score (nSPS) is 10.5. The molecular weight excluding hydrogens is 278 g/mol. The van der Waals surface area contributed by atoms with E-state index in [-0.39, 0.29) is 18.3 Å². The van der Waals surface area contributed by atoms with Crippen LogP contribution in [0.4, 0.5) is 10.9 Å². The highest BCUT2D eigenvalue weighted by Gasteiger charge is 2.16. The summed E-state index contributed by atoms with van der Waals surface area (Å²) in [6.07, 6.45) is 2.56. The number of nitrogen functional groups attached to an aromatic ring is 1. The van der Waals surface area contributed by atoms with Crippen molar-refractivity contribution in [3.63, 3.8) is 0 Å². The summed E-state index contributed by atoms with van der Waals surface area (Å²) >= 11 is 1.24. The first-order valence-corrected chi connectivity index (χ1v) is 7.04. The van der Waals surface area contributed by atoms with Gasteiger partial charge in [-0.3, -0.25) is 9.48 Å². The Morgan fingerprint density at radius 3 is 3.00 bits per heavy atom. The van der Waals surface area contributed by atoms with Crippen LogP contribution in [0.15, 0.2) is 6.33 Å². The standard InChI is InChI=1S/C11H17N7OS/c1-3-4-13-11-16-9(12)8(20-11)10(19)14-5-7-15-6-18(2)17-7/h6H,3-5,12H2,1-2H3,(H,13,16)(H,14,19). The van der Waals surface area contributed by atoms with Gasteiger partial charge in [0.1, 0.15) is 17.0 Å². The van der Waals surface area contributed by atoms with Gasteiger partial charge in [0.15, 0.2) is 11.0 Å². The molecule has 0 atom stereocenters. The summed E-state index contributed by atoms with van der Waals surface area (Å²) in [5.74, 6) is 0.519. The summed E-state index contributed by atoms with van der Waals surface area (Å²) < 4.78 is 1.58. The predicted octanol–water partition coefficient (Wildman–Crippen LogP) is 0.606. The minimum atomic E-state index is -0.267. The summed E-state index contributed by atoms with van der Waals surface area (Å²) in [6, 6.07) is 0. The maximum absolute atomic E-state index is 12.0. The van der Waals surface area contributed by atoms with Gasteiger partial charge >= 0.3 is 0 Å². The fourth-order valence-corrected chi connectivity index (χ4v) is 2.33. The Kier molecular flexibility index (Phi) is 4.51. The van der Waals surface area contributed by atoms with Crippen LogP contribution in [0.5, 0.6) is 0 Å². The lowest BCUT2D eigenvalue weighted by atomic mass is 10.4. The zero-order valence-electron chi connectivity index (χ0n) is 11.4. The van der Waals surface area contributed by atoms with Crippen LogP contribution in [0.1, 0.15) is 28.8 Å². The lowest BCUT2D eigenvalue weighted by molar-refractivity contribution is 0.0954. The molecule has 2 heterocycles. The number of nitrogens with two attached hydrogens (primary N) is 1. The smallest absolute Gasteiger partial charge is 0.265 e. The van der Waals surface area contributed by atoms with E-state index < -0.39 is 0 Å². The monoisotopic (exact) mass is 295 g/mol. The van der Waals surface area contributed by atoms with Gasteiger partial charge in [0.25, 0.3) is 5.91 Å². The van der Waals surface area contributed by atoms with E-state index in [0.717, 1.165) is 13.0 Å². The average Bonchev–Trinajstić information content (AvgIpc) is 3.00. The number of hydrogen-bond donors (Lipinski definition) is 3. The number of carbonyl (C=O) groups is 1. The van der Waals surface area contributed by atoms with E-state index in [9.17, 15) is 4.79 Å². The Labute approximate surface area is 120 Å². The van der Waals surface area contributed by atoms with Crippen molar-refractivity contribution in [1.29, 1.82) is 0 Å². The summed E-state index contributed by atoms with van der Waals surface area (Å²) in [7, 11) is 1.77. The molecule has 2 aromatic heterocycles. The molecule has 4 N–H and O–H groups in total. The number of rotatable bonds is 6. The van der Waals surface area contributed by atoms with Crippen molar-refractivity contribution in [2.45, 2.75) is 19.9 Å². The highest BCUT2D eigenvalue weighted by atomic mass is 32.1. The first-order chi connectivity index (χ1) is 9.60. The maximum atomic E-state index is 12.0. The number of anilines is 2. The lowest BCUT2D eigenvalue weighted by Crippen LogP contribution is -2.23. The fourth-order valence-electron chi connectivity index (χ4n) is 1.51. The van der Waals surface area contributed by atoms with Gasteiger partial charge in [-0.25, -0.2) is 9.97 Å². The molecule has 0 fully saturated rings. The molecule has 0 aliphatic carbocycles. The molecule has 0 unspecified atom stereocenters. The average molecular weight is 295 g/mol. The van der Waals surface area contributed by atoms with Crippen LogP contribution in [0.3, 0.4) is 0 Å². The van der Waals surface area contributed by atoms with E-state index in [2.05, 4.69) is 32.6 Å². The van der Waals surface area contributed by atoms with Gasteiger partial charge in [-0.15, -0.1) is 0 Å². The van der Waals surface area contributed by atoms with Crippen LogP contribution in [0.25, 0.3) is 0 Å². The Morgan fingerprint density at radius 2 is 2.35 bits per heavy atom. The second-order valence-electron chi connectivity index (χ2n) is 4.18. The molecule has 2 aromatic rings.